The predicted molar refractivity (Wildman–Crippen MR) is 106 cm³/mol. The van der Waals surface area contributed by atoms with Crippen LogP contribution in [0.15, 0.2) is 24.3 Å². The molecule has 1 fully saturated rings. The van der Waals surface area contributed by atoms with Gasteiger partial charge in [0.15, 0.2) is 23.2 Å². The Balaban J connectivity index is 1.57. The Labute approximate surface area is 170 Å². The molecule has 0 saturated heterocycles. The van der Waals surface area contributed by atoms with Crippen LogP contribution >= 0.6 is 0 Å². The maximum Gasteiger partial charge on any atom is 0.200 e. The zero-order valence-electron chi connectivity index (χ0n) is 17.0. The first kappa shape index (κ1) is 21.7. The quantitative estimate of drug-likeness (QED) is 0.444. The van der Waals surface area contributed by atoms with Gasteiger partial charge in [0.05, 0.1) is 6.61 Å². The van der Waals surface area contributed by atoms with Gasteiger partial charge in [0.2, 0.25) is 5.82 Å². The summed E-state index contributed by atoms with van der Waals surface area (Å²) in [6.45, 7) is 4.01. The van der Waals surface area contributed by atoms with Crippen molar-refractivity contribution < 1.29 is 22.3 Å². The summed E-state index contributed by atoms with van der Waals surface area (Å²) in [7, 11) is 0. The van der Waals surface area contributed by atoms with Gasteiger partial charge in [-0.1, -0.05) is 38.5 Å². The topological polar surface area (TPSA) is 9.23 Å². The second kappa shape index (κ2) is 9.64. The first-order chi connectivity index (χ1) is 14.0. The zero-order valence-corrected chi connectivity index (χ0v) is 17.0. The highest BCUT2D eigenvalue weighted by Crippen LogP contribution is 2.38. The van der Waals surface area contributed by atoms with Crippen molar-refractivity contribution >= 4 is 0 Å². The van der Waals surface area contributed by atoms with Gasteiger partial charge in [-0.25, -0.2) is 13.2 Å². The van der Waals surface area contributed by atoms with Crippen molar-refractivity contribution in [3.63, 3.8) is 0 Å². The highest BCUT2D eigenvalue weighted by molar-refractivity contribution is 5.31. The molecule has 0 radical (unpaired) electrons. The second-order valence-corrected chi connectivity index (χ2v) is 7.92. The first-order valence-electron chi connectivity index (χ1n) is 10.5. The third-order valence-corrected chi connectivity index (χ3v) is 5.98. The third-order valence-electron chi connectivity index (χ3n) is 5.98. The summed E-state index contributed by atoms with van der Waals surface area (Å²) in [6, 6.07) is 6.44. The van der Waals surface area contributed by atoms with Crippen LogP contribution in [0.4, 0.5) is 17.6 Å². The molecule has 1 saturated carbocycles. The average molecular weight is 408 g/mol. The number of aryl methyl sites for hydroxylation is 2. The summed E-state index contributed by atoms with van der Waals surface area (Å²) in [5.74, 6) is -3.12. The fraction of sp³-hybridized carbons (Fsp3) is 0.500. The van der Waals surface area contributed by atoms with Crippen LogP contribution in [0.1, 0.15) is 68.6 Å². The number of hydrogen-bond donors (Lipinski definition) is 0. The lowest BCUT2D eigenvalue weighted by Gasteiger charge is -2.29. The highest BCUT2D eigenvalue weighted by Gasteiger charge is 2.27. The largest absolute Gasteiger partial charge is 0.490 e. The van der Waals surface area contributed by atoms with Crippen LogP contribution in [0, 0.1) is 29.2 Å². The second-order valence-electron chi connectivity index (χ2n) is 7.92. The normalized spacial score (nSPS) is 19.4. The van der Waals surface area contributed by atoms with E-state index in [1.807, 2.05) is 6.92 Å². The van der Waals surface area contributed by atoms with Crippen molar-refractivity contribution in [2.75, 3.05) is 6.61 Å². The van der Waals surface area contributed by atoms with E-state index in [1.54, 1.807) is 25.1 Å². The van der Waals surface area contributed by atoms with Crippen LogP contribution in [0.2, 0.25) is 0 Å². The molecule has 29 heavy (non-hydrogen) atoms. The smallest absolute Gasteiger partial charge is 0.200 e. The van der Waals surface area contributed by atoms with E-state index in [1.165, 1.54) is 6.07 Å². The van der Waals surface area contributed by atoms with Gasteiger partial charge in [0.1, 0.15) is 0 Å². The molecule has 1 aliphatic rings. The molecule has 0 bridgehead atoms. The Morgan fingerprint density at radius 2 is 1.45 bits per heavy atom. The molecule has 158 valence electrons. The molecule has 0 unspecified atom stereocenters. The Morgan fingerprint density at radius 1 is 0.793 bits per heavy atom. The molecule has 2 aromatic rings. The minimum absolute atomic E-state index is 0.0193. The van der Waals surface area contributed by atoms with Gasteiger partial charge in [-0.05, 0) is 73.1 Å². The number of rotatable bonds is 7. The molecule has 1 aliphatic carbocycles. The predicted octanol–water partition coefficient (Wildman–Crippen LogP) is 7.11. The van der Waals surface area contributed by atoms with Crippen LogP contribution in [0.3, 0.4) is 0 Å². The summed E-state index contributed by atoms with van der Waals surface area (Å²) < 4.78 is 62.3. The van der Waals surface area contributed by atoms with E-state index >= 15 is 0 Å². The van der Waals surface area contributed by atoms with Crippen LogP contribution in [-0.4, -0.2) is 6.61 Å². The minimum atomic E-state index is -0.932. The van der Waals surface area contributed by atoms with E-state index in [2.05, 4.69) is 0 Å². The lowest BCUT2D eigenvalue weighted by molar-refractivity contribution is 0.191. The number of ether oxygens (including phenoxy) is 1. The molecule has 0 heterocycles. The van der Waals surface area contributed by atoms with Crippen molar-refractivity contribution in [2.45, 2.75) is 64.7 Å². The van der Waals surface area contributed by atoms with E-state index in [-0.39, 0.29) is 17.6 Å². The lowest BCUT2D eigenvalue weighted by atomic mass is 9.78. The van der Waals surface area contributed by atoms with E-state index in [0.717, 1.165) is 32.1 Å². The highest BCUT2D eigenvalue weighted by atomic mass is 19.2. The molecule has 0 N–H and O–H groups in total. The van der Waals surface area contributed by atoms with Crippen LogP contribution in [0.25, 0.3) is 0 Å². The molecule has 2 aromatic carbocycles. The Kier molecular flexibility index (Phi) is 7.20. The van der Waals surface area contributed by atoms with Crippen molar-refractivity contribution in [1.29, 1.82) is 0 Å². The molecule has 3 rings (SSSR count). The van der Waals surface area contributed by atoms with Crippen molar-refractivity contribution in [3.05, 3.63) is 64.2 Å². The van der Waals surface area contributed by atoms with Crippen LogP contribution in [0.5, 0.6) is 5.75 Å². The Morgan fingerprint density at radius 3 is 2.10 bits per heavy atom. The van der Waals surface area contributed by atoms with E-state index < -0.39 is 23.3 Å². The summed E-state index contributed by atoms with van der Waals surface area (Å²) in [5.41, 5.74) is 1.20. The van der Waals surface area contributed by atoms with E-state index in [0.29, 0.717) is 36.1 Å². The summed E-state index contributed by atoms with van der Waals surface area (Å²) in [5, 5.41) is 0. The van der Waals surface area contributed by atoms with Gasteiger partial charge in [0.25, 0.3) is 0 Å². The summed E-state index contributed by atoms with van der Waals surface area (Å²) >= 11 is 0. The van der Waals surface area contributed by atoms with Crippen molar-refractivity contribution in [1.82, 2.24) is 0 Å². The van der Waals surface area contributed by atoms with E-state index in [4.69, 9.17) is 4.74 Å². The van der Waals surface area contributed by atoms with E-state index in [9.17, 15) is 17.6 Å². The molecule has 1 nitrogen and oxygen atoms in total. The van der Waals surface area contributed by atoms with Crippen molar-refractivity contribution in [2.24, 2.45) is 5.92 Å². The van der Waals surface area contributed by atoms with Crippen molar-refractivity contribution in [3.8, 4) is 5.75 Å². The molecular formula is C24H28F4O. The zero-order chi connectivity index (χ0) is 21.0. The van der Waals surface area contributed by atoms with Crippen LogP contribution in [-0.2, 0) is 12.8 Å². The fourth-order valence-electron chi connectivity index (χ4n) is 4.19. The maximum absolute atomic E-state index is 14.4. The SMILES string of the molecule is CCCc1ccc(OCC2CCC(c3ccc(CC)c(F)c3F)CC2)c(F)c1F. The minimum Gasteiger partial charge on any atom is -0.490 e. The Bertz CT molecular complexity index is 841. The first-order valence-corrected chi connectivity index (χ1v) is 10.5. The standard InChI is InChI=1S/C24H28F4O/c1-3-5-18-11-13-20(24(28)22(18)26)29-14-15-6-8-17(9-7-15)19-12-10-16(4-2)21(25)23(19)27/h10-13,15,17H,3-9,14H2,1-2H3. The Hall–Kier alpha value is -2.04. The molecule has 0 aliphatic heterocycles. The molecular weight excluding hydrogens is 380 g/mol. The lowest BCUT2D eigenvalue weighted by Crippen LogP contribution is -2.20. The van der Waals surface area contributed by atoms with Gasteiger partial charge in [-0.15, -0.1) is 0 Å². The molecule has 0 aromatic heterocycles. The molecule has 0 spiro atoms. The van der Waals surface area contributed by atoms with Gasteiger partial charge < -0.3 is 4.74 Å². The van der Waals surface area contributed by atoms with Gasteiger partial charge >= 0.3 is 0 Å². The van der Waals surface area contributed by atoms with Gasteiger partial charge in [0, 0.05) is 0 Å². The van der Waals surface area contributed by atoms with Gasteiger partial charge in [-0.2, -0.15) is 4.39 Å². The molecule has 5 heteroatoms. The number of hydrogen-bond acceptors (Lipinski definition) is 1. The maximum atomic E-state index is 14.4. The number of halogens is 4. The summed E-state index contributed by atoms with van der Waals surface area (Å²) in [4.78, 5) is 0. The summed E-state index contributed by atoms with van der Waals surface area (Å²) in [6.07, 6.45) is 4.70. The molecule has 0 amide bonds. The van der Waals surface area contributed by atoms with Crippen LogP contribution < -0.4 is 4.74 Å². The fourth-order valence-corrected chi connectivity index (χ4v) is 4.19. The van der Waals surface area contributed by atoms with Gasteiger partial charge in [-0.3, -0.25) is 0 Å². The average Bonchev–Trinajstić information content (AvgIpc) is 2.73. The third kappa shape index (κ3) is 4.76. The monoisotopic (exact) mass is 408 g/mol. The number of benzene rings is 2. The molecule has 0 atom stereocenters.